The predicted octanol–water partition coefficient (Wildman–Crippen LogP) is 4.20. The summed E-state index contributed by atoms with van der Waals surface area (Å²) in [5, 5.41) is 1.40. The fourth-order valence-corrected chi connectivity index (χ4v) is 6.09. The van der Waals surface area contributed by atoms with Crippen molar-refractivity contribution in [3.63, 3.8) is 0 Å². The molecule has 0 saturated carbocycles. The average Bonchev–Trinajstić information content (AvgIpc) is 3.18. The van der Waals surface area contributed by atoms with Crippen LogP contribution < -0.4 is 4.90 Å². The fourth-order valence-electron chi connectivity index (χ4n) is 3.69. The number of aromatic nitrogens is 1. The highest BCUT2D eigenvalue weighted by atomic mass is 35.5. The van der Waals surface area contributed by atoms with Gasteiger partial charge in [-0.1, -0.05) is 48.9 Å². The first kappa shape index (κ1) is 22.0. The van der Waals surface area contributed by atoms with Crippen LogP contribution in [0.5, 0.6) is 0 Å². The summed E-state index contributed by atoms with van der Waals surface area (Å²) >= 11 is 7.48. The molecule has 1 fully saturated rings. The number of piperazine rings is 1. The number of para-hydroxylation sites is 1. The lowest BCUT2D eigenvalue weighted by Crippen LogP contribution is -2.50. The molecule has 1 aromatic heterocycles. The second kappa shape index (κ2) is 8.76. The summed E-state index contributed by atoms with van der Waals surface area (Å²) in [6, 6.07) is 12.2. The largest absolute Gasteiger partial charge is 0.345 e. The van der Waals surface area contributed by atoms with Gasteiger partial charge in [-0.2, -0.15) is 0 Å². The predicted molar refractivity (Wildman–Crippen MR) is 126 cm³/mol. The molecule has 2 heterocycles. The summed E-state index contributed by atoms with van der Waals surface area (Å²) < 4.78 is 26.3. The highest BCUT2D eigenvalue weighted by Gasteiger charge is 2.27. The van der Waals surface area contributed by atoms with Gasteiger partial charge in [-0.3, -0.25) is 4.79 Å². The number of amides is 1. The minimum atomic E-state index is -3.70. The Hall–Kier alpha value is -2.16. The Kier molecular flexibility index (Phi) is 6.23. The minimum absolute atomic E-state index is 0.110. The molecule has 164 valence electrons. The van der Waals surface area contributed by atoms with E-state index in [9.17, 15) is 13.2 Å². The third-order valence-corrected chi connectivity index (χ3v) is 8.40. The van der Waals surface area contributed by atoms with Crippen molar-refractivity contribution in [3.8, 4) is 0 Å². The smallest absolute Gasteiger partial charge is 0.238 e. The van der Waals surface area contributed by atoms with E-state index in [1.807, 2.05) is 0 Å². The Labute approximate surface area is 191 Å². The molecule has 1 aliphatic rings. The van der Waals surface area contributed by atoms with Gasteiger partial charge in [-0.05, 0) is 41.8 Å². The Morgan fingerprint density at radius 1 is 1.10 bits per heavy atom. The van der Waals surface area contributed by atoms with Gasteiger partial charge in [0.2, 0.25) is 5.91 Å². The molecule has 6 nitrogen and oxygen atoms in total. The standard InChI is InChI=1S/C22H24ClN3O3S2/c1-15(2)18-4-3-5-19-21(18)24-22(30-19)26-12-10-25(11-13-26)20(27)14-31(28,29)17-8-6-16(23)7-9-17/h3-9,15H,10-14H2,1-2H3. The van der Waals surface area contributed by atoms with Gasteiger partial charge < -0.3 is 9.80 Å². The van der Waals surface area contributed by atoms with Crippen LogP contribution in [-0.2, 0) is 14.6 Å². The molecule has 3 aromatic rings. The van der Waals surface area contributed by atoms with Crippen LogP contribution in [0.1, 0.15) is 25.3 Å². The molecule has 0 atom stereocenters. The number of benzene rings is 2. The molecule has 1 amide bonds. The van der Waals surface area contributed by atoms with E-state index in [4.69, 9.17) is 16.6 Å². The molecule has 2 aromatic carbocycles. The number of hydrogen-bond donors (Lipinski definition) is 0. The molecule has 4 rings (SSSR count). The third kappa shape index (κ3) is 4.71. The van der Waals surface area contributed by atoms with Crippen LogP contribution in [0.4, 0.5) is 5.13 Å². The lowest BCUT2D eigenvalue weighted by Gasteiger charge is -2.34. The van der Waals surface area contributed by atoms with Crippen molar-refractivity contribution in [1.29, 1.82) is 0 Å². The van der Waals surface area contributed by atoms with Crippen LogP contribution in [0.25, 0.3) is 10.2 Å². The van der Waals surface area contributed by atoms with Gasteiger partial charge >= 0.3 is 0 Å². The fraction of sp³-hybridized carbons (Fsp3) is 0.364. The molecule has 0 aliphatic carbocycles. The zero-order valence-corrected chi connectivity index (χ0v) is 19.8. The zero-order chi connectivity index (χ0) is 22.2. The number of hydrogen-bond acceptors (Lipinski definition) is 6. The molecular formula is C22H24ClN3O3S2. The molecule has 9 heteroatoms. The maximum Gasteiger partial charge on any atom is 0.238 e. The van der Waals surface area contributed by atoms with Gasteiger partial charge in [0.1, 0.15) is 5.75 Å². The first-order valence-corrected chi connectivity index (χ1v) is 13.0. The third-order valence-electron chi connectivity index (χ3n) is 5.45. The van der Waals surface area contributed by atoms with E-state index in [1.54, 1.807) is 16.2 Å². The molecule has 0 spiro atoms. The number of rotatable bonds is 5. The first-order chi connectivity index (χ1) is 14.7. The molecule has 0 unspecified atom stereocenters. The van der Waals surface area contributed by atoms with Crippen LogP contribution in [0.3, 0.4) is 0 Å². The van der Waals surface area contributed by atoms with E-state index >= 15 is 0 Å². The maximum atomic E-state index is 12.6. The van der Waals surface area contributed by atoms with E-state index in [0.717, 1.165) is 15.3 Å². The molecule has 1 saturated heterocycles. The number of fused-ring (bicyclic) bond motifs is 1. The van der Waals surface area contributed by atoms with E-state index in [1.165, 1.54) is 29.8 Å². The van der Waals surface area contributed by atoms with Crippen molar-refractivity contribution >= 4 is 54.0 Å². The van der Waals surface area contributed by atoms with Crippen LogP contribution in [0.15, 0.2) is 47.4 Å². The summed E-state index contributed by atoms with van der Waals surface area (Å²) in [5.74, 6) is -0.509. The highest BCUT2D eigenvalue weighted by molar-refractivity contribution is 7.92. The second-order valence-corrected chi connectivity index (χ2v) is 11.4. The highest BCUT2D eigenvalue weighted by Crippen LogP contribution is 2.33. The Morgan fingerprint density at radius 3 is 2.42 bits per heavy atom. The van der Waals surface area contributed by atoms with Crippen molar-refractivity contribution in [2.24, 2.45) is 0 Å². The maximum absolute atomic E-state index is 12.6. The Balaban J connectivity index is 1.41. The van der Waals surface area contributed by atoms with E-state index in [2.05, 4.69) is 36.9 Å². The van der Waals surface area contributed by atoms with Crippen molar-refractivity contribution < 1.29 is 13.2 Å². The van der Waals surface area contributed by atoms with Gasteiger partial charge in [0.05, 0.1) is 15.1 Å². The van der Waals surface area contributed by atoms with Crippen LogP contribution >= 0.6 is 22.9 Å². The van der Waals surface area contributed by atoms with Crippen LogP contribution in [-0.4, -0.2) is 56.1 Å². The Morgan fingerprint density at radius 2 is 1.77 bits per heavy atom. The van der Waals surface area contributed by atoms with Gasteiger partial charge in [0, 0.05) is 31.2 Å². The second-order valence-electron chi connectivity index (χ2n) is 7.93. The topological polar surface area (TPSA) is 70.6 Å². The molecule has 0 radical (unpaired) electrons. The summed E-state index contributed by atoms with van der Waals surface area (Å²) in [7, 11) is -3.70. The van der Waals surface area contributed by atoms with Gasteiger partial charge in [0.15, 0.2) is 15.0 Å². The van der Waals surface area contributed by atoms with Crippen molar-refractivity contribution in [2.75, 3.05) is 36.8 Å². The van der Waals surface area contributed by atoms with E-state index < -0.39 is 15.6 Å². The quantitative estimate of drug-likeness (QED) is 0.551. The molecule has 0 bridgehead atoms. The molecule has 0 N–H and O–H groups in total. The van der Waals surface area contributed by atoms with Crippen molar-refractivity contribution in [1.82, 2.24) is 9.88 Å². The van der Waals surface area contributed by atoms with Crippen LogP contribution in [0.2, 0.25) is 5.02 Å². The number of carbonyl (C=O) groups is 1. The number of carbonyl (C=O) groups excluding carboxylic acids is 1. The zero-order valence-electron chi connectivity index (χ0n) is 17.4. The Bertz CT molecular complexity index is 1200. The van der Waals surface area contributed by atoms with Gasteiger partial charge in [0.25, 0.3) is 0 Å². The molecule has 31 heavy (non-hydrogen) atoms. The first-order valence-electron chi connectivity index (χ1n) is 10.1. The number of sulfone groups is 1. The van der Waals surface area contributed by atoms with Crippen LogP contribution in [0, 0.1) is 0 Å². The van der Waals surface area contributed by atoms with Gasteiger partial charge in [-0.15, -0.1) is 0 Å². The van der Waals surface area contributed by atoms with Crippen molar-refractivity contribution in [2.45, 2.75) is 24.7 Å². The lowest BCUT2D eigenvalue weighted by atomic mass is 10.0. The number of halogens is 1. The number of anilines is 1. The summed E-state index contributed by atoms with van der Waals surface area (Å²) in [4.78, 5) is 21.4. The lowest BCUT2D eigenvalue weighted by molar-refractivity contribution is -0.128. The monoisotopic (exact) mass is 477 g/mol. The van der Waals surface area contributed by atoms with Gasteiger partial charge in [-0.25, -0.2) is 13.4 Å². The summed E-state index contributed by atoms with van der Waals surface area (Å²) in [6.45, 7) is 6.53. The summed E-state index contributed by atoms with van der Waals surface area (Å²) in [6.07, 6.45) is 0. The minimum Gasteiger partial charge on any atom is -0.345 e. The number of nitrogens with zero attached hydrogens (tertiary/aromatic N) is 3. The molecule has 1 aliphatic heterocycles. The SMILES string of the molecule is CC(C)c1cccc2sc(N3CCN(C(=O)CS(=O)(=O)c4ccc(Cl)cc4)CC3)nc12. The number of thiazole rings is 1. The normalized spacial score (nSPS) is 15.1. The average molecular weight is 478 g/mol. The van der Waals surface area contributed by atoms with E-state index in [-0.39, 0.29) is 10.8 Å². The van der Waals surface area contributed by atoms with Crippen molar-refractivity contribution in [3.05, 3.63) is 53.1 Å². The molecular weight excluding hydrogens is 454 g/mol. The van der Waals surface area contributed by atoms with E-state index in [0.29, 0.717) is 37.1 Å². The summed E-state index contributed by atoms with van der Waals surface area (Å²) in [5.41, 5.74) is 2.28.